The van der Waals surface area contributed by atoms with Gasteiger partial charge >= 0.3 is 12.0 Å². The maximum absolute atomic E-state index is 12.2. The van der Waals surface area contributed by atoms with E-state index in [2.05, 4.69) is 50.4 Å². The van der Waals surface area contributed by atoms with Gasteiger partial charge < -0.3 is 19.9 Å². The molecule has 6 nitrogen and oxygen atoms in total. The zero-order valence-corrected chi connectivity index (χ0v) is 16.4. The Balaban J connectivity index is 1.91. The number of amides is 2. The molecule has 1 aromatic carbocycles. The van der Waals surface area contributed by atoms with E-state index in [0.717, 1.165) is 33.6 Å². The summed E-state index contributed by atoms with van der Waals surface area (Å²) in [5, 5.41) is 8.63. The number of nitrogens with zero attached hydrogens (tertiary/aromatic N) is 1. The van der Waals surface area contributed by atoms with Crippen LogP contribution in [-0.4, -0.2) is 29.7 Å². The first kappa shape index (κ1) is 19.0. The fraction of sp³-hybridized carbons (Fsp3) is 0.300. The van der Waals surface area contributed by atoms with Gasteiger partial charge in [-0.2, -0.15) is 0 Å². The standard InChI is InChI=1S/C20H23N3O3S/c1-4-23-16-9-6-5-8-14(16)15(18(23)17-10-7-11-27-17)12-21-20(25)22-13(2)19(24)26-3/h5-11,13H,4,12H2,1-3H3,(H2,21,22,25)/t13-/m0/s1. The summed E-state index contributed by atoms with van der Waals surface area (Å²) in [5.41, 5.74) is 3.33. The number of hydrogen-bond donors (Lipinski definition) is 2. The molecular weight excluding hydrogens is 362 g/mol. The number of benzene rings is 1. The topological polar surface area (TPSA) is 72.4 Å². The third-order valence-electron chi connectivity index (χ3n) is 4.47. The molecule has 0 aliphatic heterocycles. The van der Waals surface area contributed by atoms with Crippen LogP contribution < -0.4 is 10.6 Å². The van der Waals surface area contributed by atoms with E-state index in [-0.39, 0.29) is 0 Å². The Kier molecular flexibility index (Phi) is 5.81. The highest BCUT2D eigenvalue weighted by Gasteiger charge is 2.20. The summed E-state index contributed by atoms with van der Waals surface area (Å²) in [6, 6.07) is 11.2. The molecule has 0 saturated carbocycles. The molecule has 3 rings (SSSR count). The number of ether oxygens (including phenoxy) is 1. The van der Waals surface area contributed by atoms with Crippen molar-refractivity contribution in [3.05, 3.63) is 47.3 Å². The monoisotopic (exact) mass is 385 g/mol. The van der Waals surface area contributed by atoms with Crippen LogP contribution in [-0.2, 0) is 22.6 Å². The van der Waals surface area contributed by atoms with Crippen LogP contribution in [0.15, 0.2) is 41.8 Å². The molecule has 142 valence electrons. The van der Waals surface area contributed by atoms with Crippen LogP contribution in [0.5, 0.6) is 0 Å². The molecule has 7 heteroatoms. The van der Waals surface area contributed by atoms with Crippen LogP contribution >= 0.6 is 11.3 Å². The zero-order valence-electron chi connectivity index (χ0n) is 15.6. The average Bonchev–Trinajstić information content (AvgIpc) is 3.31. The van der Waals surface area contributed by atoms with Crippen molar-refractivity contribution in [2.45, 2.75) is 33.0 Å². The first-order chi connectivity index (χ1) is 13.1. The van der Waals surface area contributed by atoms with E-state index in [4.69, 9.17) is 0 Å². The largest absolute Gasteiger partial charge is 0.467 e. The van der Waals surface area contributed by atoms with E-state index < -0.39 is 18.0 Å². The van der Waals surface area contributed by atoms with Gasteiger partial charge in [0.1, 0.15) is 6.04 Å². The highest BCUT2D eigenvalue weighted by atomic mass is 32.1. The van der Waals surface area contributed by atoms with Crippen LogP contribution in [0, 0.1) is 0 Å². The number of thiophene rings is 1. The Morgan fingerprint density at radius 1 is 1.22 bits per heavy atom. The van der Waals surface area contributed by atoms with Gasteiger partial charge in [-0.25, -0.2) is 9.59 Å². The molecule has 0 unspecified atom stereocenters. The summed E-state index contributed by atoms with van der Waals surface area (Å²) < 4.78 is 6.91. The SMILES string of the molecule is CCn1c(-c2cccs2)c(CNC(=O)N[C@@H](C)C(=O)OC)c2ccccc21. The number of fused-ring (bicyclic) bond motifs is 1. The van der Waals surface area contributed by atoms with Gasteiger partial charge in [0.05, 0.1) is 17.7 Å². The minimum absolute atomic E-state index is 0.362. The van der Waals surface area contributed by atoms with E-state index in [1.807, 2.05) is 18.2 Å². The summed E-state index contributed by atoms with van der Waals surface area (Å²) in [5.74, 6) is -0.480. The normalized spacial score (nSPS) is 12.0. The van der Waals surface area contributed by atoms with Crippen molar-refractivity contribution in [1.29, 1.82) is 0 Å². The summed E-state index contributed by atoms with van der Waals surface area (Å²) in [7, 11) is 1.30. The minimum atomic E-state index is -0.705. The van der Waals surface area contributed by atoms with Gasteiger partial charge in [0.25, 0.3) is 0 Å². The molecule has 2 N–H and O–H groups in total. The van der Waals surface area contributed by atoms with Gasteiger partial charge in [-0.1, -0.05) is 24.3 Å². The van der Waals surface area contributed by atoms with Crippen LogP contribution in [0.1, 0.15) is 19.4 Å². The van der Waals surface area contributed by atoms with Crippen molar-refractivity contribution in [2.24, 2.45) is 0 Å². The van der Waals surface area contributed by atoms with Gasteiger partial charge in [0, 0.05) is 29.6 Å². The van der Waals surface area contributed by atoms with E-state index >= 15 is 0 Å². The molecule has 0 aliphatic rings. The number of esters is 1. The van der Waals surface area contributed by atoms with Crippen molar-refractivity contribution in [3.63, 3.8) is 0 Å². The van der Waals surface area contributed by atoms with Crippen molar-refractivity contribution >= 4 is 34.2 Å². The number of hydrogen-bond acceptors (Lipinski definition) is 4. The van der Waals surface area contributed by atoms with E-state index in [1.165, 1.54) is 7.11 Å². The summed E-state index contributed by atoms with van der Waals surface area (Å²) in [6.45, 7) is 4.90. The van der Waals surface area contributed by atoms with Crippen LogP contribution in [0.25, 0.3) is 21.5 Å². The first-order valence-corrected chi connectivity index (χ1v) is 9.71. The number of para-hydroxylation sites is 1. The molecule has 3 aromatic rings. The molecule has 0 saturated heterocycles. The second kappa shape index (κ2) is 8.26. The van der Waals surface area contributed by atoms with Gasteiger partial charge in [0.2, 0.25) is 0 Å². The Hall–Kier alpha value is -2.80. The smallest absolute Gasteiger partial charge is 0.328 e. The van der Waals surface area contributed by atoms with Crippen LogP contribution in [0.2, 0.25) is 0 Å². The van der Waals surface area contributed by atoms with Crippen molar-refractivity contribution < 1.29 is 14.3 Å². The number of carbonyl (C=O) groups excluding carboxylic acids is 2. The predicted molar refractivity (Wildman–Crippen MR) is 108 cm³/mol. The lowest BCUT2D eigenvalue weighted by Gasteiger charge is -2.13. The van der Waals surface area contributed by atoms with E-state index in [9.17, 15) is 9.59 Å². The van der Waals surface area contributed by atoms with Gasteiger partial charge in [-0.05, 0) is 31.4 Å². The first-order valence-electron chi connectivity index (χ1n) is 8.83. The molecule has 0 bridgehead atoms. The maximum atomic E-state index is 12.2. The lowest BCUT2D eigenvalue weighted by Crippen LogP contribution is -2.44. The number of carbonyl (C=O) groups is 2. The molecule has 2 aromatic heterocycles. The van der Waals surface area contributed by atoms with Crippen LogP contribution in [0.4, 0.5) is 4.79 Å². The summed E-state index contributed by atoms with van der Waals surface area (Å²) in [4.78, 5) is 24.9. The third-order valence-corrected chi connectivity index (χ3v) is 5.35. The Morgan fingerprint density at radius 3 is 2.67 bits per heavy atom. The molecule has 0 radical (unpaired) electrons. The van der Waals surface area contributed by atoms with Crippen molar-refractivity contribution in [2.75, 3.05) is 7.11 Å². The fourth-order valence-electron chi connectivity index (χ4n) is 3.23. The molecule has 1 atom stereocenters. The molecule has 0 fully saturated rings. The lowest BCUT2D eigenvalue weighted by molar-refractivity contribution is -0.142. The molecule has 0 spiro atoms. The zero-order chi connectivity index (χ0) is 19.4. The van der Waals surface area contributed by atoms with E-state index in [0.29, 0.717) is 6.54 Å². The second-order valence-corrected chi connectivity index (χ2v) is 7.09. The van der Waals surface area contributed by atoms with Gasteiger partial charge in [0.15, 0.2) is 0 Å². The quantitative estimate of drug-likeness (QED) is 0.635. The third kappa shape index (κ3) is 3.83. The number of nitrogens with one attached hydrogen (secondary N) is 2. The van der Waals surface area contributed by atoms with Crippen LogP contribution in [0.3, 0.4) is 0 Å². The highest BCUT2D eigenvalue weighted by molar-refractivity contribution is 7.13. The molecule has 2 heterocycles. The lowest BCUT2D eigenvalue weighted by atomic mass is 10.1. The molecule has 27 heavy (non-hydrogen) atoms. The van der Waals surface area contributed by atoms with Gasteiger partial charge in [-0.15, -0.1) is 11.3 Å². The second-order valence-electron chi connectivity index (χ2n) is 6.14. The molecule has 0 aliphatic carbocycles. The number of aromatic nitrogens is 1. The number of rotatable bonds is 6. The van der Waals surface area contributed by atoms with Crippen molar-refractivity contribution in [3.8, 4) is 10.6 Å². The van der Waals surface area contributed by atoms with Crippen molar-refractivity contribution in [1.82, 2.24) is 15.2 Å². The molecular formula is C20H23N3O3S. The van der Waals surface area contributed by atoms with E-state index in [1.54, 1.807) is 18.3 Å². The number of methoxy groups -OCH3 is 1. The number of aryl methyl sites for hydroxylation is 1. The Labute approximate surface area is 162 Å². The fourth-order valence-corrected chi connectivity index (χ4v) is 4.04. The Bertz CT molecular complexity index is 947. The summed E-state index contributed by atoms with van der Waals surface area (Å²) in [6.07, 6.45) is 0. The minimum Gasteiger partial charge on any atom is -0.467 e. The number of urea groups is 1. The predicted octanol–water partition coefficient (Wildman–Crippen LogP) is 3.75. The van der Waals surface area contributed by atoms with Gasteiger partial charge in [-0.3, -0.25) is 0 Å². The average molecular weight is 385 g/mol. The highest BCUT2D eigenvalue weighted by Crippen LogP contribution is 2.36. The molecule has 2 amide bonds. The Morgan fingerprint density at radius 2 is 2.00 bits per heavy atom. The summed E-state index contributed by atoms with van der Waals surface area (Å²) >= 11 is 1.68. The maximum Gasteiger partial charge on any atom is 0.328 e.